The average Bonchev–Trinajstić information content (AvgIpc) is 3.15. The Morgan fingerprint density at radius 2 is 1.69 bits per heavy atom. The fourth-order valence-electron chi connectivity index (χ4n) is 4.91. The molecule has 0 fully saturated rings. The van der Waals surface area contributed by atoms with E-state index in [2.05, 4.69) is 0 Å². The number of rotatable bonds is 11. The average molecular weight is 528 g/mol. The second-order valence-corrected chi connectivity index (χ2v) is 9.59. The first-order valence-electron chi connectivity index (χ1n) is 12.8. The highest BCUT2D eigenvalue weighted by Gasteiger charge is 2.51. The molecule has 8 nitrogen and oxygen atoms in total. The van der Waals surface area contributed by atoms with Crippen LogP contribution in [0, 0.1) is 5.92 Å². The fraction of sp³-hybridized carbons (Fsp3) is 0.258. The number of amides is 3. The van der Waals surface area contributed by atoms with Gasteiger partial charge in [0, 0.05) is 49.4 Å². The third kappa shape index (κ3) is 5.62. The van der Waals surface area contributed by atoms with E-state index >= 15 is 0 Å². The molecule has 2 N–H and O–H groups in total. The minimum atomic E-state index is -1.88. The maximum Gasteiger partial charge on any atom is 0.264 e. The number of hydrogen-bond donors (Lipinski definition) is 2. The zero-order valence-corrected chi connectivity index (χ0v) is 22.1. The molecule has 4 rings (SSSR count). The molecule has 3 amide bonds. The van der Waals surface area contributed by atoms with E-state index in [-0.39, 0.29) is 25.5 Å². The Labute approximate surface area is 228 Å². The van der Waals surface area contributed by atoms with Crippen LogP contribution in [-0.2, 0) is 26.5 Å². The summed E-state index contributed by atoms with van der Waals surface area (Å²) in [6, 6.07) is 23.7. The lowest BCUT2D eigenvalue weighted by Gasteiger charge is -2.28. The first-order valence-corrected chi connectivity index (χ1v) is 12.8. The molecule has 1 heterocycles. The number of anilines is 3. The van der Waals surface area contributed by atoms with Gasteiger partial charge in [0.2, 0.25) is 12.3 Å². The molecule has 202 valence electrons. The highest BCUT2D eigenvalue weighted by atomic mass is 16.3. The summed E-state index contributed by atoms with van der Waals surface area (Å²) in [4.78, 5) is 42.6. The van der Waals surface area contributed by atoms with Crippen LogP contribution in [0.3, 0.4) is 0 Å². The smallest absolute Gasteiger partial charge is 0.264 e. The summed E-state index contributed by atoms with van der Waals surface area (Å²) in [7, 11) is 1.60. The van der Waals surface area contributed by atoms with Crippen molar-refractivity contribution >= 4 is 35.3 Å². The molecular formula is C31H33N3O5. The van der Waals surface area contributed by atoms with Crippen molar-refractivity contribution in [2.45, 2.75) is 25.5 Å². The van der Waals surface area contributed by atoms with Gasteiger partial charge in [-0.1, -0.05) is 67.6 Å². The van der Waals surface area contributed by atoms with Gasteiger partial charge in [-0.25, -0.2) is 0 Å². The molecule has 0 radical (unpaired) electrons. The molecule has 8 heteroatoms. The molecular weight excluding hydrogens is 494 g/mol. The number of aliphatic hydroxyl groups is 2. The minimum absolute atomic E-state index is 0.0527. The molecule has 39 heavy (non-hydrogen) atoms. The fourth-order valence-corrected chi connectivity index (χ4v) is 4.91. The molecule has 0 spiro atoms. The number of carbonyl (C=O) groups is 3. The van der Waals surface area contributed by atoms with Gasteiger partial charge in [-0.3, -0.25) is 19.3 Å². The maximum atomic E-state index is 13.3. The van der Waals surface area contributed by atoms with Gasteiger partial charge < -0.3 is 20.0 Å². The van der Waals surface area contributed by atoms with E-state index in [0.717, 1.165) is 5.56 Å². The van der Waals surface area contributed by atoms with Crippen molar-refractivity contribution in [1.29, 1.82) is 0 Å². The largest absolute Gasteiger partial charge is 0.395 e. The first kappa shape index (κ1) is 27.8. The van der Waals surface area contributed by atoms with Crippen LogP contribution in [0.15, 0.2) is 91.0 Å². The SMILES string of the molecule is C[C@@H](/C=C/CC(=O)N(CCO)Cc1ccccc1)[C@]1(O)C(=O)N(C)c2ccc(N(C=O)c3ccccc3)cc21. The van der Waals surface area contributed by atoms with Gasteiger partial charge in [-0.15, -0.1) is 0 Å². The molecule has 2 atom stereocenters. The van der Waals surface area contributed by atoms with Crippen molar-refractivity contribution in [2.24, 2.45) is 5.92 Å². The summed E-state index contributed by atoms with van der Waals surface area (Å²) in [6.45, 7) is 2.15. The monoisotopic (exact) mass is 527 g/mol. The third-order valence-corrected chi connectivity index (χ3v) is 7.12. The molecule has 1 aliphatic rings. The highest BCUT2D eigenvalue weighted by molar-refractivity contribution is 6.07. The molecule has 3 aromatic carbocycles. The van der Waals surface area contributed by atoms with Crippen molar-refractivity contribution in [3.63, 3.8) is 0 Å². The second kappa shape index (κ2) is 12.1. The summed E-state index contributed by atoms with van der Waals surface area (Å²) in [5.74, 6) is -1.33. The molecule has 0 bridgehead atoms. The molecule has 0 unspecified atom stereocenters. The second-order valence-electron chi connectivity index (χ2n) is 9.59. The van der Waals surface area contributed by atoms with Gasteiger partial charge in [-0.2, -0.15) is 0 Å². The lowest BCUT2D eigenvalue weighted by atomic mass is 9.82. The lowest BCUT2D eigenvalue weighted by Crippen LogP contribution is -2.43. The van der Waals surface area contributed by atoms with Gasteiger partial charge in [0.05, 0.1) is 12.3 Å². The standard InChI is InChI=1S/C31H33N3O5/c1-23(10-9-15-29(37)33(18-19-35)21-24-11-5-3-6-12-24)31(39)27-20-26(16-17-28(27)32(2)30(31)38)34(22-36)25-13-7-4-8-14-25/h3-14,16-17,20,22-23,35,39H,15,18-19,21H2,1-2H3/b10-9+/t23-,31+/m0/s1. The van der Waals surface area contributed by atoms with Crippen LogP contribution in [0.2, 0.25) is 0 Å². The summed E-state index contributed by atoms with van der Waals surface area (Å²) < 4.78 is 0. The zero-order chi connectivity index (χ0) is 28.0. The predicted molar refractivity (Wildman–Crippen MR) is 150 cm³/mol. The summed E-state index contributed by atoms with van der Waals surface area (Å²) >= 11 is 0. The van der Waals surface area contributed by atoms with Gasteiger partial charge in [0.15, 0.2) is 5.60 Å². The number of fused-ring (bicyclic) bond motifs is 1. The van der Waals surface area contributed by atoms with Crippen molar-refractivity contribution in [3.8, 4) is 0 Å². The first-order chi connectivity index (χ1) is 18.8. The maximum absolute atomic E-state index is 13.3. The molecule has 0 saturated carbocycles. The van der Waals surface area contributed by atoms with Gasteiger partial charge in [0.1, 0.15) is 0 Å². The Hall–Kier alpha value is -4.27. The van der Waals surface area contributed by atoms with Crippen LogP contribution in [-0.4, -0.2) is 53.5 Å². The number of likely N-dealkylation sites (N-methyl/N-ethyl adjacent to an activating group) is 1. The Balaban J connectivity index is 1.55. The zero-order valence-electron chi connectivity index (χ0n) is 22.1. The van der Waals surface area contributed by atoms with E-state index in [1.54, 1.807) is 61.4 Å². The van der Waals surface area contributed by atoms with Crippen LogP contribution in [0.25, 0.3) is 0 Å². The van der Waals surface area contributed by atoms with E-state index in [9.17, 15) is 24.6 Å². The topological polar surface area (TPSA) is 101 Å². The Morgan fingerprint density at radius 3 is 2.33 bits per heavy atom. The molecule has 0 aliphatic carbocycles. The van der Waals surface area contributed by atoms with Crippen molar-refractivity contribution in [1.82, 2.24) is 4.90 Å². The van der Waals surface area contributed by atoms with Crippen LogP contribution < -0.4 is 9.80 Å². The van der Waals surface area contributed by atoms with Gasteiger partial charge in [0.25, 0.3) is 5.91 Å². The van der Waals surface area contributed by atoms with Crippen molar-refractivity contribution in [3.05, 3.63) is 102 Å². The Bertz CT molecular complexity index is 1340. The number of aliphatic hydroxyl groups excluding tert-OH is 1. The number of benzene rings is 3. The Kier molecular flexibility index (Phi) is 8.59. The number of nitrogens with zero attached hydrogens (tertiary/aromatic N) is 3. The summed E-state index contributed by atoms with van der Waals surface area (Å²) in [5, 5.41) is 21.2. The number of carbonyl (C=O) groups excluding carboxylic acids is 3. The van der Waals surface area contributed by atoms with E-state index in [1.807, 2.05) is 48.5 Å². The predicted octanol–water partition coefficient (Wildman–Crippen LogP) is 3.75. The van der Waals surface area contributed by atoms with E-state index in [1.165, 1.54) is 9.80 Å². The summed E-state index contributed by atoms with van der Waals surface area (Å²) in [5.41, 5.74) is 1.20. The van der Waals surface area contributed by atoms with Crippen LogP contribution in [0.4, 0.5) is 17.1 Å². The quantitative estimate of drug-likeness (QED) is 0.292. The minimum Gasteiger partial charge on any atom is -0.395 e. The molecule has 0 aromatic heterocycles. The number of hydrogen-bond acceptors (Lipinski definition) is 5. The molecule has 0 saturated heterocycles. The number of para-hydroxylation sites is 1. The normalized spacial score (nSPS) is 17.2. The highest BCUT2D eigenvalue weighted by Crippen LogP contribution is 2.46. The van der Waals surface area contributed by atoms with Gasteiger partial charge in [-0.05, 0) is 35.9 Å². The third-order valence-electron chi connectivity index (χ3n) is 7.12. The summed E-state index contributed by atoms with van der Waals surface area (Å²) in [6.07, 6.45) is 4.06. The van der Waals surface area contributed by atoms with Gasteiger partial charge >= 0.3 is 0 Å². The molecule has 3 aromatic rings. The van der Waals surface area contributed by atoms with E-state index in [4.69, 9.17) is 0 Å². The molecule has 1 aliphatic heterocycles. The van der Waals surface area contributed by atoms with Crippen LogP contribution in [0.5, 0.6) is 0 Å². The van der Waals surface area contributed by atoms with Crippen LogP contribution >= 0.6 is 0 Å². The van der Waals surface area contributed by atoms with E-state index in [0.29, 0.717) is 35.6 Å². The van der Waals surface area contributed by atoms with Crippen molar-refractivity contribution < 1.29 is 24.6 Å². The lowest BCUT2D eigenvalue weighted by molar-refractivity contribution is -0.139. The Morgan fingerprint density at radius 1 is 1.03 bits per heavy atom. The van der Waals surface area contributed by atoms with Crippen LogP contribution in [0.1, 0.15) is 24.5 Å². The van der Waals surface area contributed by atoms with E-state index < -0.39 is 17.4 Å². The van der Waals surface area contributed by atoms with Crippen molar-refractivity contribution in [2.75, 3.05) is 30.0 Å².